The van der Waals surface area contributed by atoms with Gasteiger partial charge in [-0.15, -0.1) is 0 Å². The number of amides is 1. The topological polar surface area (TPSA) is 46.3 Å². The van der Waals surface area contributed by atoms with Gasteiger partial charge in [0.2, 0.25) is 0 Å². The van der Waals surface area contributed by atoms with Crippen LogP contribution in [0.3, 0.4) is 0 Å². The number of nitrogens with zero attached hydrogens (tertiary/aromatic N) is 1. The number of carbonyl (C=O) groups is 1. The van der Waals surface area contributed by atoms with Crippen molar-refractivity contribution in [2.24, 2.45) is 5.73 Å². The normalized spacial score (nSPS) is 22.6. The molecule has 1 saturated carbocycles. The van der Waals surface area contributed by atoms with Crippen molar-refractivity contribution in [3.63, 3.8) is 0 Å². The number of rotatable bonds is 3. The molecule has 0 unspecified atom stereocenters. The number of nitrogens with two attached hydrogens (primary N) is 1. The van der Waals surface area contributed by atoms with E-state index in [9.17, 15) is 4.79 Å². The summed E-state index contributed by atoms with van der Waals surface area (Å²) in [6.45, 7) is 2.80. The first-order valence-electron chi connectivity index (χ1n) is 7.04. The molecule has 2 rings (SSSR count). The largest absolute Gasteiger partial charge is 0.336 e. The Balaban J connectivity index is 2.18. The second-order valence-electron chi connectivity index (χ2n) is 5.28. The van der Waals surface area contributed by atoms with Crippen molar-refractivity contribution in [3.8, 4) is 0 Å². The maximum atomic E-state index is 12.8. The maximum absolute atomic E-state index is 12.8. The van der Waals surface area contributed by atoms with Crippen molar-refractivity contribution >= 4 is 44.4 Å². The van der Waals surface area contributed by atoms with Gasteiger partial charge in [-0.05, 0) is 73.4 Å². The van der Waals surface area contributed by atoms with E-state index in [0.29, 0.717) is 12.1 Å². The van der Waals surface area contributed by atoms with Crippen LogP contribution >= 0.6 is 38.5 Å². The van der Waals surface area contributed by atoms with E-state index < -0.39 is 0 Å². The van der Waals surface area contributed by atoms with Crippen LogP contribution < -0.4 is 5.73 Å². The van der Waals surface area contributed by atoms with Gasteiger partial charge in [0.1, 0.15) is 0 Å². The summed E-state index contributed by atoms with van der Waals surface area (Å²) in [6.07, 6.45) is 4.07. The highest BCUT2D eigenvalue weighted by atomic mass is 127. The molecule has 3 nitrogen and oxygen atoms in total. The minimum Gasteiger partial charge on any atom is -0.336 e. The van der Waals surface area contributed by atoms with Gasteiger partial charge in [0.25, 0.3) is 5.91 Å². The first kappa shape index (κ1) is 16.2. The zero-order chi connectivity index (χ0) is 14.7. The molecule has 2 N–H and O–H groups in total. The highest BCUT2D eigenvalue weighted by Gasteiger charge is 2.28. The van der Waals surface area contributed by atoms with Gasteiger partial charge in [-0.25, -0.2) is 0 Å². The van der Waals surface area contributed by atoms with Crippen LogP contribution in [0, 0.1) is 3.57 Å². The van der Waals surface area contributed by atoms with Gasteiger partial charge >= 0.3 is 0 Å². The lowest BCUT2D eigenvalue weighted by Crippen LogP contribution is -2.44. The molecule has 0 radical (unpaired) electrons. The zero-order valence-corrected chi connectivity index (χ0v) is 15.4. The van der Waals surface area contributed by atoms with Gasteiger partial charge in [-0.2, -0.15) is 0 Å². The molecule has 110 valence electrons. The lowest BCUT2D eigenvalue weighted by atomic mass is 9.90. The zero-order valence-electron chi connectivity index (χ0n) is 11.6. The summed E-state index contributed by atoms with van der Waals surface area (Å²) in [6, 6.07) is 6.51. The maximum Gasteiger partial charge on any atom is 0.255 e. The van der Waals surface area contributed by atoms with Crippen molar-refractivity contribution in [1.29, 1.82) is 0 Å². The number of hydrogen-bond donors (Lipinski definition) is 1. The van der Waals surface area contributed by atoms with Crippen LogP contribution in [-0.2, 0) is 0 Å². The van der Waals surface area contributed by atoms with Crippen molar-refractivity contribution in [3.05, 3.63) is 31.8 Å². The molecule has 1 aromatic rings. The Hall–Kier alpha value is -0.140. The Bertz CT molecular complexity index is 487. The van der Waals surface area contributed by atoms with E-state index in [1.54, 1.807) is 0 Å². The van der Waals surface area contributed by atoms with Crippen molar-refractivity contribution in [1.82, 2.24) is 4.90 Å². The van der Waals surface area contributed by atoms with Gasteiger partial charge in [-0.3, -0.25) is 4.79 Å². The molecule has 1 amide bonds. The first-order chi connectivity index (χ1) is 9.52. The third-order valence-electron chi connectivity index (χ3n) is 3.94. The molecule has 1 aliphatic rings. The fourth-order valence-electron chi connectivity index (χ4n) is 2.80. The van der Waals surface area contributed by atoms with Crippen LogP contribution in [0.4, 0.5) is 0 Å². The van der Waals surface area contributed by atoms with E-state index in [-0.39, 0.29) is 5.91 Å². The van der Waals surface area contributed by atoms with E-state index in [2.05, 4.69) is 45.4 Å². The summed E-state index contributed by atoms with van der Waals surface area (Å²) in [5.74, 6) is 0.138. The number of carbonyl (C=O) groups excluding carboxylic acids is 1. The third-order valence-corrected chi connectivity index (χ3v) is 5.38. The second-order valence-corrected chi connectivity index (χ2v) is 7.36. The summed E-state index contributed by atoms with van der Waals surface area (Å²) in [4.78, 5) is 14.8. The summed E-state index contributed by atoms with van der Waals surface area (Å²) >= 11 is 5.68. The molecule has 1 fully saturated rings. The van der Waals surface area contributed by atoms with Crippen LogP contribution in [0.15, 0.2) is 22.7 Å². The minimum absolute atomic E-state index is 0.138. The standard InChI is InChI=1S/C15H20BrIN2O/c1-2-19(12-6-4-11(18)5-7-12)15(20)13-9-10(16)3-8-14(13)17/h3,8-9,11-12H,2,4-7,18H2,1H3. The lowest BCUT2D eigenvalue weighted by molar-refractivity contribution is 0.0639. The average molecular weight is 451 g/mol. The molecule has 0 atom stereocenters. The van der Waals surface area contributed by atoms with E-state index >= 15 is 0 Å². The quantitative estimate of drug-likeness (QED) is 0.712. The Kier molecular flexibility index (Phi) is 5.86. The Morgan fingerprint density at radius 1 is 1.40 bits per heavy atom. The van der Waals surface area contributed by atoms with E-state index in [1.165, 1.54) is 0 Å². The summed E-state index contributed by atoms with van der Waals surface area (Å²) in [7, 11) is 0. The summed E-state index contributed by atoms with van der Waals surface area (Å²) in [5.41, 5.74) is 6.75. The van der Waals surface area contributed by atoms with Crippen LogP contribution in [0.1, 0.15) is 43.0 Å². The van der Waals surface area contributed by atoms with Crippen LogP contribution in [0.25, 0.3) is 0 Å². The average Bonchev–Trinajstić information content (AvgIpc) is 2.44. The van der Waals surface area contributed by atoms with Crippen molar-refractivity contribution < 1.29 is 4.79 Å². The van der Waals surface area contributed by atoms with E-state index in [0.717, 1.165) is 45.8 Å². The van der Waals surface area contributed by atoms with Crippen molar-refractivity contribution in [2.45, 2.75) is 44.7 Å². The summed E-state index contributed by atoms with van der Waals surface area (Å²) in [5, 5.41) is 0. The van der Waals surface area contributed by atoms with Crippen LogP contribution in [-0.4, -0.2) is 29.4 Å². The Morgan fingerprint density at radius 3 is 2.65 bits per heavy atom. The molecule has 20 heavy (non-hydrogen) atoms. The molecular weight excluding hydrogens is 431 g/mol. The smallest absolute Gasteiger partial charge is 0.255 e. The molecule has 0 bridgehead atoms. The van der Waals surface area contributed by atoms with Crippen molar-refractivity contribution in [2.75, 3.05) is 6.54 Å². The third kappa shape index (κ3) is 3.74. The first-order valence-corrected chi connectivity index (χ1v) is 8.91. The number of benzene rings is 1. The minimum atomic E-state index is 0.138. The molecule has 1 aromatic carbocycles. The van der Waals surface area contributed by atoms with Gasteiger partial charge < -0.3 is 10.6 Å². The Labute approximate surface area is 142 Å². The van der Waals surface area contributed by atoms with Gasteiger partial charge in [-0.1, -0.05) is 15.9 Å². The number of hydrogen-bond acceptors (Lipinski definition) is 2. The molecule has 5 heteroatoms. The van der Waals surface area contributed by atoms with E-state index in [1.807, 2.05) is 23.1 Å². The monoisotopic (exact) mass is 450 g/mol. The van der Waals surface area contributed by atoms with E-state index in [4.69, 9.17) is 5.73 Å². The summed E-state index contributed by atoms with van der Waals surface area (Å²) < 4.78 is 1.95. The molecule has 0 aromatic heterocycles. The predicted molar refractivity (Wildman–Crippen MR) is 93.8 cm³/mol. The highest BCUT2D eigenvalue weighted by Crippen LogP contribution is 2.26. The molecule has 0 spiro atoms. The Morgan fingerprint density at radius 2 is 2.05 bits per heavy atom. The molecular formula is C15H20BrIN2O. The van der Waals surface area contributed by atoms with Gasteiger partial charge in [0.05, 0.1) is 5.56 Å². The van der Waals surface area contributed by atoms with Crippen LogP contribution in [0.5, 0.6) is 0 Å². The number of halogens is 2. The van der Waals surface area contributed by atoms with Gasteiger partial charge in [0.15, 0.2) is 0 Å². The van der Waals surface area contributed by atoms with Gasteiger partial charge in [0, 0.05) is 26.7 Å². The molecule has 0 saturated heterocycles. The fraction of sp³-hybridized carbons (Fsp3) is 0.533. The highest BCUT2D eigenvalue weighted by molar-refractivity contribution is 14.1. The molecule has 1 aliphatic carbocycles. The fourth-order valence-corrected chi connectivity index (χ4v) is 3.72. The molecule has 0 heterocycles. The predicted octanol–water partition coefficient (Wildman–Crippen LogP) is 3.79. The second kappa shape index (κ2) is 7.22. The lowest BCUT2D eigenvalue weighted by Gasteiger charge is -2.35. The van der Waals surface area contributed by atoms with Crippen LogP contribution in [0.2, 0.25) is 0 Å². The SMILES string of the molecule is CCN(C(=O)c1cc(Br)ccc1I)C1CCC(N)CC1. The molecule has 0 aliphatic heterocycles.